The number of hydrogen-bond acceptors (Lipinski definition) is 4. The number of unbranched alkanes of at least 4 members (excludes halogenated alkanes) is 13. The Balaban J connectivity index is 3.03. The maximum Gasteiger partial charge on any atom is 0.267 e. The second-order valence-electron chi connectivity index (χ2n) is 7.11. The third kappa shape index (κ3) is 23.8. The first-order valence-corrected chi connectivity index (χ1v) is 12.3. The van der Waals surface area contributed by atoms with Gasteiger partial charge >= 0.3 is 0 Å². The lowest BCUT2D eigenvalue weighted by Crippen LogP contribution is -2.13. The van der Waals surface area contributed by atoms with Gasteiger partial charge in [0, 0.05) is 6.61 Å². The molecule has 0 fully saturated rings. The molecule has 0 amide bonds. The van der Waals surface area contributed by atoms with Crippen molar-refractivity contribution in [3.05, 3.63) is 0 Å². The summed E-state index contributed by atoms with van der Waals surface area (Å²) in [4.78, 5) is 0. The van der Waals surface area contributed by atoms with Gasteiger partial charge in [-0.25, -0.2) is 0 Å². The van der Waals surface area contributed by atoms with Crippen molar-refractivity contribution in [2.75, 3.05) is 32.2 Å². The van der Waals surface area contributed by atoms with Gasteiger partial charge in [-0.1, -0.05) is 90.4 Å². The molecule has 0 aromatic heterocycles. The van der Waals surface area contributed by atoms with Crippen LogP contribution in [-0.2, 0) is 19.6 Å². The van der Waals surface area contributed by atoms with Crippen molar-refractivity contribution in [1.82, 2.24) is 0 Å². The molecule has 0 radical (unpaired) electrons. The molecule has 0 aliphatic carbocycles. The van der Waals surface area contributed by atoms with Crippen LogP contribution in [0.4, 0.5) is 0 Å². The van der Waals surface area contributed by atoms with Crippen LogP contribution in [0.3, 0.4) is 0 Å². The normalized spacial score (nSPS) is 11.9. The third-order valence-electron chi connectivity index (χ3n) is 4.50. The summed E-state index contributed by atoms with van der Waals surface area (Å²) in [5.41, 5.74) is 0. The van der Waals surface area contributed by atoms with Gasteiger partial charge in [-0.3, -0.25) is 4.55 Å². The van der Waals surface area contributed by atoms with Crippen LogP contribution in [0.25, 0.3) is 0 Å². The Labute approximate surface area is 162 Å². The Hall–Kier alpha value is -0.170. The van der Waals surface area contributed by atoms with Gasteiger partial charge in [-0.2, -0.15) is 8.42 Å². The number of hydrogen-bond donors (Lipinski definition) is 1. The van der Waals surface area contributed by atoms with E-state index in [9.17, 15) is 8.42 Å². The molecular formula is C20H42O5S. The maximum atomic E-state index is 10.5. The van der Waals surface area contributed by atoms with Crippen molar-refractivity contribution in [3.8, 4) is 0 Å². The third-order valence-corrected chi connectivity index (χ3v) is 5.18. The molecule has 26 heavy (non-hydrogen) atoms. The Kier molecular flexibility index (Phi) is 19.5. The first-order valence-electron chi connectivity index (χ1n) is 10.7. The minimum atomic E-state index is -3.91. The lowest BCUT2D eigenvalue weighted by molar-refractivity contribution is 0.0516. The monoisotopic (exact) mass is 394 g/mol. The lowest BCUT2D eigenvalue weighted by atomic mass is 10.0. The summed E-state index contributed by atoms with van der Waals surface area (Å²) in [6, 6.07) is 0. The van der Waals surface area contributed by atoms with Crippen LogP contribution in [0.15, 0.2) is 0 Å². The van der Waals surface area contributed by atoms with Crippen molar-refractivity contribution in [2.45, 2.75) is 96.8 Å². The van der Waals surface area contributed by atoms with E-state index in [0.29, 0.717) is 13.2 Å². The summed E-state index contributed by atoms with van der Waals surface area (Å²) >= 11 is 0. The number of rotatable bonds is 21. The van der Waals surface area contributed by atoms with Gasteiger partial charge < -0.3 is 9.47 Å². The van der Waals surface area contributed by atoms with Crippen molar-refractivity contribution >= 4 is 10.1 Å². The molecule has 158 valence electrons. The molecule has 0 bridgehead atoms. The Morgan fingerprint density at radius 1 is 0.577 bits per heavy atom. The van der Waals surface area contributed by atoms with Gasteiger partial charge in [0.15, 0.2) is 0 Å². The van der Waals surface area contributed by atoms with Crippen molar-refractivity contribution in [2.24, 2.45) is 0 Å². The molecule has 0 aromatic carbocycles. The largest absolute Gasteiger partial charge is 0.379 e. The van der Waals surface area contributed by atoms with Gasteiger partial charge in [0.25, 0.3) is 10.1 Å². The smallest absolute Gasteiger partial charge is 0.267 e. The molecule has 0 aliphatic rings. The van der Waals surface area contributed by atoms with E-state index in [4.69, 9.17) is 14.0 Å². The lowest BCUT2D eigenvalue weighted by Gasteiger charge is -2.05. The Morgan fingerprint density at radius 2 is 0.962 bits per heavy atom. The minimum Gasteiger partial charge on any atom is -0.379 e. The van der Waals surface area contributed by atoms with Gasteiger partial charge in [0.2, 0.25) is 0 Å². The molecule has 0 atom stereocenters. The fourth-order valence-corrected chi connectivity index (χ4v) is 3.21. The van der Waals surface area contributed by atoms with Crippen LogP contribution in [0.2, 0.25) is 0 Å². The van der Waals surface area contributed by atoms with Crippen LogP contribution in [0.5, 0.6) is 0 Å². The molecule has 0 spiro atoms. The molecule has 6 heteroatoms. The molecule has 1 N–H and O–H groups in total. The molecule has 0 saturated heterocycles. The van der Waals surface area contributed by atoms with Crippen LogP contribution in [-0.4, -0.2) is 45.2 Å². The maximum absolute atomic E-state index is 10.5. The van der Waals surface area contributed by atoms with Gasteiger partial charge in [-0.15, -0.1) is 0 Å². The SMILES string of the molecule is CCCCCCCCCCCCCCCCOCCOCCS(=O)(=O)O. The van der Waals surface area contributed by atoms with E-state index in [2.05, 4.69) is 6.92 Å². The van der Waals surface area contributed by atoms with E-state index in [0.717, 1.165) is 13.0 Å². The van der Waals surface area contributed by atoms with Crippen molar-refractivity contribution in [3.63, 3.8) is 0 Å². The second kappa shape index (κ2) is 19.6. The van der Waals surface area contributed by atoms with E-state index < -0.39 is 10.1 Å². The molecule has 0 aliphatic heterocycles. The van der Waals surface area contributed by atoms with Crippen molar-refractivity contribution in [1.29, 1.82) is 0 Å². The fourth-order valence-electron chi connectivity index (χ4n) is 2.88. The summed E-state index contributed by atoms with van der Waals surface area (Å²) in [7, 11) is -3.91. The van der Waals surface area contributed by atoms with E-state index in [1.54, 1.807) is 0 Å². The van der Waals surface area contributed by atoms with E-state index >= 15 is 0 Å². The van der Waals surface area contributed by atoms with E-state index in [1.165, 1.54) is 83.5 Å². The van der Waals surface area contributed by atoms with Crippen LogP contribution in [0.1, 0.15) is 96.8 Å². The van der Waals surface area contributed by atoms with E-state index in [-0.39, 0.29) is 12.4 Å². The topological polar surface area (TPSA) is 72.8 Å². The Bertz CT molecular complexity index is 370. The molecule has 5 nitrogen and oxygen atoms in total. The highest BCUT2D eigenvalue weighted by Crippen LogP contribution is 2.12. The first-order chi connectivity index (χ1) is 12.6. The molecular weight excluding hydrogens is 352 g/mol. The highest BCUT2D eigenvalue weighted by Gasteiger charge is 2.03. The zero-order chi connectivity index (χ0) is 19.3. The molecule has 0 heterocycles. The standard InChI is InChI=1S/C20H42O5S/c1-2-3-4-5-6-7-8-9-10-11-12-13-14-15-16-24-17-18-25-19-20-26(21,22)23/h2-20H2,1H3,(H,21,22,23). The first kappa shape index (κ1) is 25.8. The summed E-state index contributed by atoms with van der Waals surface area (Å²) in [6.07, 6.45) is 18.9. The Morgan fingerprint density at radius 3 is 1.38 bits per heavy atom. The molecule has 0 aromatic rings. The average Bonchev–Trinajstić information content (AvgIpc) is 2.59. The predicted octanol–water partition coefficient (Wildman–Crippen LogP) is 5.39. The summed E-state index contributed by atoms with van der Waals surface area (Å²) < 4.78 is 40.0. The highest BCUT2D eigenvalue weighted by molar-refractivity contribution is 7.85. The fraction of sp³-hybridized carbons (Fsp3) is 1.00. The second-order valence-corrected chi connectivity index (χ2v) is 8.68. The zero-order valence-corrected chi connectivity index (χ0v) is 17.7. The van der Waals surface area contributed by atoms with Crippen LogP contribution in [0, 0.1) is 0 Å². The van der Waals surface area contributed by atoms with Crippen LogP contribution < -0.4 is 0 Å². The van der Waals surface area contributed by atoms with E-state index in [1.807, 2.05) is 0 Å². The highest BCUT2D eigenvalue weighted by atomic mass is 32.2. The van der Waals surface area contributed by atoms with Gasteiger partial charge in [0.05, 0.1) is 25.6 Å². The molecule has 0 unspecified atom stereocenters. The minimum absolute atomic E-state index is 0.0149. The summed E-state index contributed by atoms with van der Waals surface area (Å²) in [6.45, 7) is 3.86. The van der Waals surface area contributed by atoms with Gasteiger partial charge in [0.1, 0.15) is 0 Å². The van der Waals surface area contributed by atoms with Gasteiger partial charge in [-0.05, 0) is 6.42 Å². The molecule has 0 rings (SSSR count). The quantitative estimate of drug-likeness (QED) is 0.209. The van der Waals surface area contributed by atoms with Crippen LogP contribution >= 0.6 is 0 Å². The predicted molar refractivity (Wildman–Crippen MR) is 108 cm³/mol. The summed E-state index contributed by atoms with van der Waals surface area (Å²) in [5.74, 6) is -0.355. The van der Waals surface area contributed by atoms with Crippen molar-refractivity contribution < 1.29 is 22.4 Å². The zero-order valence-electron chi connectivity index (χ0n) is 16.9. The average molecular weight is 395 g/mol. The molecule has 0 saturated carbocycles. The summed E-state index contributed by atoms with van der Waals surface area (Å²) in [5, 5.41) is 0. The number of ether oxygens (including phenoxy) is 2.